The predicted octanol–water partition coefficient (Wildman–Crippen LogP) is 11.3. The summed E-state index contributed by atoms with van der Waals surface area (Å²) in [6.45, 7) is 27.0. The second-order valence-electron chi connectivity index (χ2n) is 22.7. The molecule has 0 spiro atoms. The van der Waals surface area contributed by atoms with Crippen LogP contribution in [0.4, 0.5) is 0 Å². The van der Waals surface area contributed by atoms with Crippen molar-refractivity contribution >= 4 is 29.3 Å². The molecule has 58 heavy (non-hydrogen) atoms. The van der Waals surface area contributed by atoms with E-state index in [0.29, 0.717) is 30.7 Å². The molecule has 2 N–H and O–H groups in total. The van der Waals surface area contributed by atoms with Crippen molar-refractivity contribution in [2.24, 2.45) is 62.1 Å². The zero-order valence-corrected chi connectivity index (χ0v) is 38.6. The predicted molar refractivity (Wildman–Crippen MR) is 232 cm³/mol. The van der Waals surface area contributed by atoms with Gasteiger partial charge in [-0.25, -0.2) is 0 Å². The number of ketones is 1. The summed E-state index contributed by atoms with van der Waals surface area (Å²) >= 11 is 6.25. The number of esters is 1. The first-order valence-electron chi connectivity index (χ1n) is 22.7. The number of aliphatic hydroxyl groups excluding tert-OH is 1. The Morgan fingerprint density at radius 1 is 0.897 bits per heavy atom. The van der Waals surface area contributed by atoms with Crippen LogP contribution >= 0.6 is 11.6 Å². The number of halogens is 1. The largest absolute Gasteiger partial charge is 0.481 e. The zero-order chi connectivity index (χ0) is 42.8. The maximum Gasteiger partial charge on any atom is 0.306 e. The lowest BCUT2D eigenvalue weighted by Gasteiger charge is -2.72. The van der Waals surface area contributed by atoms with Gasteiger partial charge in [-0.3, -0.25) is 19.3 Å². The van der Waals surface area contributed by atoms with Crippen LogP contribution in [0.1, 0.15) is 159 Å². The Hall–Kier alpha value is -2.22. The molecule has 0 aliphatic heterocycles. The number of ether oxygens (including phenoxy) is 1. The third-order valence-electron chi connectivity index (χ3n) is 17.4. The second-order valence-corrected chi connectivity index (χ2v) is 23.1. The van der Waals surface area contributed by atoms with E-state index >= 15 is 0 Å². The van der Waals surface area contributed by atoms with Gasteiger partial charge in [-0.05, 0) is 139 Å². The van der Waals surface area contributed by atoms with Crippen LogP contribution < -0.4 is 0 Å². The number of carbonyl (C=O) groups excluding carboxylic acids is 2. The molecule has 1 aromatic carbocycles. The summed E-state index contributed by atoms with van der Waals surface area (Å²) in [4.78, 5) is 41.5. The first-order valence-corrected chi connectivity index (χ1v) is 23.1. The molecule has 0 aromatic heterocycles. The van der Waals surface area contributed by atoms with Crippen molar-refractivity contribution in [1.29, 1.82) is 0 Å². The minimum atomic E-state index is -0.898. The topological polar surface area (TPSA) is 104 Å². The van der Waals surface area contributed by atoms with Crippen LogP contribution in [0.25, 0.3) is 0 Å². The minimum absolute atomic E-state index is 0.0168. The van der Waals surface area contributed by atoms with Gasteiger partial charge in [0.15, 0.2) is 5.78 Å². The molecular formula is C50H76ClNO6. The first-order chi connectivity index (χ1) is 26.9. The summed E-state index contributed by atoms with van der Waals surface area (Å²) in [5, 5.41) is 22.8. The third-order valence-corrected chi connectivity index (χ3v) is 17.6. The molecule has 4 fully saturated rings. The molecular weight excluding hydrogens is 746 g/mol. The fourth-order valence-corrected chi connectivity index (χ4v) is 14.4. The molecule has 0 unspecified atom stereocenters. The van der Waals surface area contributed by atoms with Crippen LogP contribution in [-0.4, -0.2) is 58.1 Å². The number of allylic oxidation sites excluding steroid dienone is 1. The number of aliphatic carboxylic acids is 1. The molecule has 7 nitrogen and oxygen atoms in total. The number of rotatable bonds is 14. The number of aliphatic hydroxyl groups is 1. The van der Waals surface area contributed by atoms with Gasteiger partial charge in [-0.1, -0.05) is 105 Å². The van der Waals surface area contributed by atoms with Gasteiger partial charge >= 0.3 is 11.9 Å². The standard InChI is InChI=1S/C50H76ClNO6/c1-31(2)20-25-52(29-33-12-14-34(51)15-13-33)30-39(54)50-24-23-48(10)35(44(50)43(32(3)4)36(53)26-50)16-17-38-47(9)21-19-40(46(7,8)37(47)18-22-49(38,48)11)58-42(57)28-45(5,6)27-41(55)56/h12-15,31-32,35,37-40,54H,16-30H2,1-11H3,(H,55,56)/t35-,37+,38-,39+,40-,47+,48-,49-,50+/m1/s1. The van der Waals surface area contributed by atoms with E-state index in [4.69, 9.17) is 16.3 Å². The minimum Gasteiger partial charge on any atom is -0.481 e. The number of benzene rings is 1. The van der Waals surface area contributed by atoms with E-state index in [1.165, 1.54) is 11.1 Å². The number of nitrogens with zero attached hydrogens (tertiary/aromatic N) is 1. The van der Waals surface area contributed by atoms with E-state index in [1.807, 2.05) is 26.0 Å². The lowest BCUT2D eigenvalue weighted by atomic mass is 9.33. The molecule has 5 aliphatic carbocycles. The maximum atomic E-state index is 14.3. The number of Topliss-reactive ketones (excluding diaryl/α,β-unsaturated/α-hetero) is 1. The van der Waals surface area contributed by atoms with Crippen molar-refractivity contribution < 1.29 is 29.3 Å². The first kappa shape index (κ1) is 45.3. The average molecular weight is 823 g/mol. The Balaban J connectivity index is 1.27. The lowest BCUT2D eigenvalue weighted by Crippen LogP contribution is -2.66. The fourth-order valence-electron chi connectivity index (χ4n) is 14.3. The van der Waals surface area contributed by atoms with Crippen molar-refractivity contribution in [2.45, 2.75) is 172 Å². The van der Waals surface area contributed by atoms with Crippen LogP contribution in [0.15, 0.2) is 35.4 Å². The van der Waals surface area contributed by atoms with Gasteiger partial charge < -0.3 is 14.9 Å². The van der Waals surface area contributed by atoms with Crippen molar-refractivity contribution in [3.05, 3.63) is 46.0 Å². The number of hydrogen-bond acceptors (Lipinski definition) is 6. The fraction of sp³-hybridized carbons (Fsp3) is 0.780. The monoisotopic (exact) mass is 822 g/mol. The van der Waals surface area contributed by atoms with Crippen molar-refractivity contribution in [1.82, 2.24) is 4.90 Å². The van der Waals surface area contributed by atoms with E-state index in [-0.39, 0.29) is 64.2 Å². The molecule has 0 radical (unpaired) electrons. The lowest BCUT2D eigenvalue weighted by molar-refractivity contribution is -0.235. The highest BCUT2D eigenvalue weighted by atomic mass is 35.5. The van der Waals surface area contributed by atoms with Gasteiger partial charge in [0.2, 0.25) is 0 Å². The number of fused-ring (bicyclic) bond motifs is 7. The molecule has 8 heteroatoms. The Morgan fingerprint density at radius 2 is 1.57 bits per heavy atom. The molecule has 0 heterocycles. The molecule has 1 aromatic rings. The van der Waals surface area contributed by atoms with Crippen LogP contribution in [-0.2, 0) is 25.7 Å². The maximum absolute atomic E-state index is 14.3. The van der Waals surface area contributed by atoms with E-state index in [1.54, 1.807) is 0 Å². The number of carboxylic acids is 1. The number of hydrogen-bond donors (Lipinski definition) is 2. The Kier molecular flexibility index (Phi) is 12.7. The normalized spacial score (nSPS) is 35.1. The molecule has 9 atom stereocenters. The summed E-state index contributed by atoms with van der Waals surface area (Å²) in [5.74, 6) is 0.849. The highest BCUT2D eigenvalue weighted by Crippen LogP contribution is 2.77. The number of carboxylic acid groups (broad SMARTS) is 1. The van der Waals surface area contributed by atoms with Gasteiger partial charge in [0.05, 0.1) is 18.9 Å². The van der Waals surface area contributed by atoms with Crippen molar-refractivity contribution in [2.75, 3.05) is 13.1 Å². The van der Waals surface area contributed by atoms with Crippen LogP contribution in [0, 0.1) is 62.1 Å². The van der Waals surface area contributed by atoms with E-state index in [9.17, 15) is 24.6 Å². The highest BCUT2D eigenvalue weighted by molar-refractivity contribution is 6.30. The molecule has 324 valence electrons. The van der Waals surface area contributed by atoms with E-state index in [0.717, 1.165) is 81.5 Å². The Bertz CT molecular complexity index is 1750. The zero-order valence-electron chi connectivity index (χ0n) is 37.8. The Labute approximate surface area is 355 Å². The second kappa shape index (κ2) is 16.2. The summed E-state index contributed by atoms with van der Waals surface area (Å²) in [6, 6.07) is 8.06. The number of carbonyl (C=O) groups is 3. The van der Waals surface area contributed by atoms with Gasteiger partial charge in [-0.2, -0.15) is 0 Å². The summed E-state index contributed by atoms with van der Waals surface area (Å²) in [7, 11) is 0. The Morgan fingerprint density at radius 3 is 2.19 bits per heavy atom. The van der Waals surface area contributed by atoms with Gasteiger partial charge in [0.1, 0.15) is 6.10 Å². The van der Waals surface area contributed by atoms with Crippen LogP contribution in [0.3, 0.4) is 0 Å². The summed E-state index contributed by atoms with van der Waals surface area (Å²) in [5.41, 5.74) is 2.20. The van der Waals surface area contributed by atoms with Gasteiger partial charge in [-0.15, -0.1) is 0 Å². The molecule has 0 amide bonds. The average Bonchev–Trinajstić information content (AvgIpc) is 3.42. The van der Waals surface area contributed by atoms with Crippen molar-refractivity contribution in [3.8, 4) is 0 Å². The van der Waals surface area contributed by atoms with Gasteiger partial charge in [0, 0.05) is 35.4 Å². The third kappa shape index (κ3) is 8.01. The van der Waals surface area contributed by atoms with E-state index < -0.39 is 22.9 Å². The molecule has 0 saturated heterocycles. The molecule has 0 bridgehead atoms. The van der Waals surface area contributed by atoms with Crippen molar-refractivity contribution in [3.63, 3.8) is 0 Å². The molecule has 5 aliphatic rings. The van der Waals surface area contributed by atoms with Crippen LogP contribution in [0.2, 0.25) is 5.02 Å². The highest BCUT2D eigenvalue weighted by Gasteiger charge is 2.71. The SMILES string of the molecule is CC(C)CCN(Cc1ccc(Cl)cc1)C[C@H](O)[C@@]12CC[C@]3(C)[C@H](CC[C@@H]4[C@@]5(C)CC[C@@H](OC(=O)CC(C)(C)CC(=O)O)C(C)(C)[C@@H]5CC[C@]43C)C1=C(C(C)C)C(=O)C2. The molecule has 4 saturated carbocycles. The van der Waals surface area contributed by atoms with Crippen LogP contribution in [0.5, 0.6) is 0 Å². The van der Waals surface area contributed by atoms with E-state index in [2.05, 4.69) is 79.3 Å². The smallest absolute Gasteiger partial charge is 0.306 e. The quantitative estimate of drug-likeness (QED) is 0.180. The summed E-state index contributed by atoms with van der Waals surface area (Å²) < 4.78 is 6.30. The van der Waals surface area contributed by atoms with Gasteiger partial charge in [0.25, 0.3) is 0 Å². The molecule has 6 rings (SSSR count). The summed E-state index contributed by atoms with van der Waals surface area (Å²) in [6.07, 6.45) is 8.59.